The molecule has 8 heteroatoms. The maximum absolute atomic E-state index is 12.8. The zero-order valence-corrected chi connectivity index (χ0v) is 17.3. The number of thiophene rings is 1. The summed E-state index contributed by atoms with van der Waals surface area (Å²) in [6, 6.07) is 9.73. The number of esters is 2. The van der Waals surface area contributed by atoms with Crippen LogP contribution in [0.5, 0.6) is 0 Å². The van der Waals surface area contributed by atoms with Crippen LogP contribution in [0.15, 0.2) is 41.5 Å². The molecule has 2 aromatic heterocycles. The van der Waals surface area contributed by atoms with Crippen LogP contribution in [0.2, 0.25) is 0 Å². The third-order valence-electron chi connectivity index (χ3n) is 4.24. The molecule has 0 saturated heterocycles. The van der Waals surface area contributed by atoms with Gasteiger partial charge in [-0.05, 0) is 31.9 Å². The summed E-state index contributed by atoms with van der Waals surface area (Å²) in [5, 5.41) is 0.324. The van der Waals surface area contributed by atoms with Gasteiger partial charge in [-0.2, -0.15) is 0 Å². The standard InChI is InChI=1S/C21H22N2O5S/c1-13(2)28-16(24)11-23-12-22-19-17(20(23)25)14(3)18(29-19)21(26)27-10-9-15-7-5-4-6-8-15/h4-8,12-13H,9-11H2,1-3H3. The predicted molar refractivity (Wildman–Crippen MR) is 110 cm³/mol. The number of ether oxygens (including phenoxy) is 2. The first kappa shape index (κ1) is 20.7. The molecule has 1 aromatic carbocycles. The molecule has 0 N–H and O–H groups in total. The number of carbonyl (C=O) groups is 2. The minimum Gasteiger partial charge on any atom is -0.462 e. The summed E-state index contributed by atoms with van der Waals surface area (Å²) in [5.41, 5.74) is 1.21. The molecule has 2 heterocycles. The molecule has 3 rings (SSSR count). The lowest BCUT2D eigenvalue weighted by Gasteiger charge is -2.09. The topological polar surface area (TPSA) is 87.5 Å². The van der Waals surface area contributed by atoms with Gasteiger partial charge < -0.3 is 9.47 Å². The molecule has 0 saturated carbocycles. The summed E-state index contributed by atoms with van der Waals surface area (Å²) >= 11 is 1.12. The highest BCUT2D eigenvalue weighted by molar-refractivity contribution is 7.20. The summed E-state index contributed by atoms with van der Waals surface area (Å²) in [5.74, 6) is -0.997. The highest BCUT2D eigenvalue weighted by atomic mass is 32.1. The van der Waals surface area contributed by atoms with E-state index in [9.17, 15) is 14.4 Å². The number of hydrogen-bond donors (Lipinski definition) is 0. The van der Waals surface area contributed by atoms with Crippen molar-refractivity contribution in [2.45, 2.75) is 39.8 Å². The van der Waals surface area contributed by atoms with Crippen LogP contribution in [0.25, 0.3) is 10.2 Å². The number of carbonyl (C=O) groups excluding carboxylic acids is 2. The number of rotatable bonds is 7. The number of nitrogens with zero attached hydrogens (tertiary/aromatic N) is 2. The fourth-order valence-corrected chi connectivity index (χ4v) is 3.91. The van der Waals surface area contributed by atoms with Crippen molar-refractivity contribution in [2.24, 2.45) is 0 Å². The van der Waals surface area contributed by atoms with E-state index in [1.165, 1.54) is 10.9 Å². The highest BCUT2D eigenvalue weighted by Gasteiger charge is 2.21. The van der Waals surface area contributed by atoms with E-state index >= 15 is 0 Å². The Morgan fingerprint density at radius 3 is 2.62 bits per heavy atom. The molecule has 7 nitrogen and oxygen atoms in total. The van der Waals surface area contributed by atoms with E-state index in [1.54, 1.807) is 20.8 Å². The molecule has 0 aliphatic rings. The van der Waals surface area contributed by atoms with Crippen molar-refractivity contribution < 1.29 is 19.1 Å². The summed E-state index contributed by atoms with van der Waals surface area (Å²) < 4.78 is 11.7. The Hall–Kier alpha value is -3.00. The van der Waals surface area contributed by atoms with Crippen molar-refractivity contribution in [1.29, 1.82) is 0 Å². The minimum atomic E-state index is -0.517. The SMILES string of the molecule is Cc1c(C(=O)OCCc2ccccc2)sc2ncn(CC(=O)OC(C)C)c(=O)c12. The van der Waals surface area contributed by atoms with Crippen molar-refractivity contribution in [3.63, 3.8) is 0 Å². The van der Waals surface area contributed by atoms with Gasteiger partial charge in [-0.15, -0.1) is 11.3 Å². The maximum Gasteiger partial charge on any atom is 0.348 e. The van der Waals surface area contributed by atoms with Crippen LogP contribution in [0.3, 0.4) is 0 Å². The fraction of sp³-hybridized carbons (Fsp3) is 0.333. The van der Waals surface area contributed by atoms with Gasteiger partial charge in [0.2, 0.25) is 0 Å². The van der Waals surface area contributed by atoms with Gasteiger partial charge >= 0.3 is 11.9 Å². The molecule has 0 radical (unpaired) electrons. The number of aryl methyl sites for hydroxylation is 1. The van der Waals surface area contributed by atoms with Crippen molar-refractivity contribution in [1.82, 2.24) is 9.55 Å². The second-order valence-electron chi connectivity index (χ2n) is 6.82. The van der Waals surface area contributed by atoms with Crippen LogP contribution >= 0.6 is 11.3 Å². The molecule has 3 aromatic rings. The van der Waals surface area contributed by atoms with E-state index < -0.39 is 11.9 Å². The third-order valence-corrected chi connectivity index (χ3v) is 5.42. The first-order chi connectivity index (χ1) is 13.9. The Kier molecular flexibility index (Phi) is 6.43. The van der Waals surface area contributed by atoms with E-state index in [4.69, 9.17) is 9.47 Å². The molecule has 0 unspecified atom stereocenters. The molecule has 0 atom stereocenters. The van der Waals surface area contributed by atoms with Crippen molar-refractivity contribution in [3.05, 3.63) is 63.0 Å². The Labute approximate surface area is 171 Å². The summed E-state index contributed by atoms with van der Waals surface area (Å²) in [6.45, 7) is 5.18. The molecule has 152 valence electrons. The van der Waals surface area contributed by atoms with Gasteiger partial charge in [0, 0.05) is 6.42 Å². The Bertz CT molecular complexity index is 1090. The first-order valence-corrected chi connectivity index (χ1v) is 10.1. The molecule has 0 spiro atoms. The largest absolute Gasteiger partial charge is 0.462 e. The lowest BCUT2D eigenvalue weighted by Crippen LogP contribution is -2.26. The molecule has 0 bridgehead atoms. The van der Waals surface area contributed by atoms with Gasteiger partial charge in [-0.3, -0.25) is 14.2 Å². The minimum absolute atomic E-state index is 0.230. The quantitative estimate of drug-likeness (QED) is 0.552. The number of fused-ring (bicyclic) bond motifs is 1. The van der Waals surface area contributed by atoms with E-state index in [0.29, 0.717) is 27.1 Å². The second kappa shape index (κ2) is 9.00. The fourth-order valence-electron chi connectivity index (χ4n) is 2.88. The van der Waals surface area contributed by atoms with E-state index in [1.807, 2.05) is 30.3 Å². The van der Waals surface area contributed by atoms with Gasteiger partial charge in [0.1, 0.15) is 16.3 Å². The maximum atomic E-state index is 12.8. The average Bonchev–Trinajstić information content (AvgIpc) is 3.01. The zero-order chi connectivity index (χ0) is 21.0. The predicted octanol–water partition coefficient (Wildman–Crippen LogP) is 3.12. The van der Waals surface area contributed by atoms with Crippen LogP contribution < -0.4 is 5.56 Å². The Morgan fingerprint density at radius 2 is 1.93 bits per heavy atom. The molecule has 0 amide bonds. The zero-order valence-electron chi connectivity index (χ0n) is 16.5. The number of benzene rings is 1. The van der Waals surface area contributed by atoms with Crippen LogP contribution in [0.1, 0.15) is 34.6 Å². The highest BCUT2D eigenvalue weighted by Crippen LogP contribution is 2.27. The van der Waals surface area contributed by atoms with Crippen molar-refractivity contribution in [2.75, 3.05) is 6.61 Å². The van der Waals surface area contributed by atoms with Crippen molar-refractivity contribution in [3.8, 4) is 0 Å². The molecular weight excluding hydrogens is 392 g/mol. The lowest BCUT2D eigenvalue weighted by molar-refractivity contribution is -0.148. The third kappa shape index (κ3) is 4.89. The Balaban J connectivity index is 1.76. The van der Waals surface area contributed by atoms with Gasteiger partial charge in [-0.25, -0.2) is 9.78 Å². The average molecular weight is 414 g/mol. The van der Waals surface area contributed by atoms with Gasteiger partial charge in [0.05, 0.1) is 24.4 Å². The summed E-state index contributed by atoms with van der Waals surface area (Å²) in [4.78, 5) is 42.2. The smallest absolute Gasteiger partial charge is 0.348 e. The molecular formula is C21H22N2O5S. The second-order valence-corrected chi connectivity index (χ2v) is 7.82. The number of aromatic nitrogens is 2. The first-order valence-electron chi connectivity index (χ1n) is 9.26. The van der Waals surface area contributed by atoms with Crippen LogP contribution in [-0.4, -0.2) is 34.2 Å². The van der Waals surface area contributed by atoms with E-state index in [0.717, 1.165) is 16.9 Å². The molecule has 0 aliphatic heterocycles. The van der Waals surface area contributed by atoms with Gasteiger partial charge in [0.15, 0.2) is 0 Å². The van der Waals surface area contributed by atoms with Crippen molar-refractivity contribution >= 4 is 33.5 Å². The molecule has 0 fully saturated rings. The van der Waals surface area contributed by atoms with E-state index in [-0.39, 0.29) is 24.8 Å². The van der Waals surface area contributed by atoms with Crippen LogP contribution in [-0.2, 0) is 27.2 Å². The normalized spacial score (nSPS) is 11.0. The summed E-state index contributed by atoms with van der Waals surface area (Å²) in [6.07, 6.45) is 1.64. The van der Waals surface area contributed by atoms with E-state index in [2.05, 4.69) is 4.98 Å². The molecule has 0 aliphatic carbocycles. The van der Waals surface area contributed by atoms with Crippen LogP contribution in [0.4, 0.5) is 0 Å². The van der Waals surface area contributed by atoms with Gasteiger partial charge in [-0.1, -0.05) is 30.3 Å². The summed E-state index contributed by atoms with van der Waals surface area (Å²) in [7, 11) is 0. The van der Waals surface area contributed by atoms with Crippen LogP contribution in [0, 0.1) is 6.92 Å². The Morgan fingerprint density at radius 1 is 1.21 bits per heavy atom. The van der Waals surface area contributed by atoms with Gasteiger partial charge in [0.25, 0.3) is 5.56 Å². The molecule has 29 heavy (non-hydrogen) atoms. The lowest BCUT2D eigenvalue weighted by atomic mass is 10.2. The monoisotopic (exact) mass is 414 g/mol. The number of hydrogen-bond acceptors (Lipinski definition) is 7.